The molecule has 0 aliphatic carbocycles. The van der Waals surface area contributed by atoms with Crippen LogP contribution >= 0.6 is 23.2 Å². The maximum absolute atomic E-state index is 13.2. The molecule has 1 heterocycles. The molecule has 0 saturated carbocycles. The summed E-state index contributed by atoms with van der Waals surface area (Å²) >= 11 is 12.4. The summed E-state index contributed by atoms with van der Waals surface area (Å²) in [6.07, 6.45) is 1.64. The van der Waals surface area contributed by atoms with Crippen LogP contribution in [0.15, 0.2) is 84.9 Å². The van der Waals surface area contributed by atoms with Crippen LogP contribution in [0.2, 0.25) is 10.0 Å². The lowest BCUT2D eigenvalue weighted by molar-refractivity contribution is -0.136. The molecule has 196 valence electrons. The Bertz CT molecular complexity index is 1370. The number of nitrogens with zero attached hydrogens (tertiary/aromatic N) is 3. The van der Waals surface area contributed by atoms with Gasteiger partial charge in [0.15, 0.2) is 6.61 Å². The zero-order chi connectivity index (χ0) is 26.9. The third-order valence-corrected chi connectivity index (χ3v) is 6.34. The van der Waals surface area contributed by atoms with Crippen molar-refractivity contribution in [2.75, 3.05) is 25.0 Å². The molecule has 38 heavy (non-hydrogen) atoms. The molecule has 0 aliphatic rings. The highest BCUT2D eigenvalue weighted by molar-refractivity contribution is 6.32. The van der Waals surface area contributed by atoms with Crippen molar-refractivity contribution >= 4 is 40.8 Å². The Balaban J connectivity index is 1.51. The Morgan fingerprint density at radius 1 is 0.974 bits per heavy atom. The predicted molar refractivity (Wildman–Crippen MR) is 151 cm³/mol. The van der Waals surface area contributed by atoms with Crippen molar-refractivity contribution in [3.05, 3.63) is 95.0 Å². The fraction of sp³-hybridized carbons (Fsp3) is 0.207. The van der Waals surface area contributed by atoms with Gasteiger partial charge in [-0.15, -0.1) is 0 Å². The third kappa shape index (κ3) is 7.15. The van der Waals surface area contributed by atoms with Crippen LogP contribution in [0.4, 0.5) is 5.82 Å². The normalized spacial score (nSPS) is 10.7. The van der Waals surface area contributed by atoms with Crippen LogP contribution in [-0.2, 0) is 9.59 Å². The molecule has 0 spiro atoms. The van der Waals surface area contributed by atoms with Gasteiger partial charge in [0.25, 0.3) is 5.91 Å². The molecule has 0 unspecified atom stereocenters. The van der Waals surface area contributed by atoms with Crippen molar-refractivity contribution in [3.8, 4) is 22.7 Å². The van der Waals surface area contributed by atoms with Crippen LogP contribution in [-0.4, -0.2) is 46.2 Å². The maximum atomic E-state index is 13.2. The second kappa shape index (κ2) is 13.1. The lowest BCUT2D eigenvalue weighted by Crippen LogP contribution is -2.41. The van der Waals surface area contributed by atoms with E-state index < -0.39 is 0 Å². The van der Waals surface area contributed by atoms with Gasteiger partial charge in [-0.3, -0.25) is 9.59 Å². The molecular weight excluding hydrogens is 523 g/mol. The van der Waals surface area contributed by atoms with Gasteiger partial charge in [0.05, 0.1) is 16.4 Å². The van der Waals surface area contributed by atoms with E-state index in [2.05, 4.69) is 5.32 Å². The molecule has 9 heteroatoms. The van der Waals surface area contributed by atoms with Crippen LogP contribution in [0.25, 0.3) is 16.9 Å². The highest BCUT2D eigenvalue weighted by Crippen LogP contribution is 2.28. The van der Waals surface area contributed by atoms with Gasteiger partial charge in [0.1, 0.15) is 18.1 Å². The number of anilines is 1. The highest BCUT2D eigenvalue weighted by Gasteiger charge is 2.20. The molecule has 0 bridgehead atoms. The number of benzene rings is 3. The summed E-state index contributed by atoms with van der Waals surface area (Å²) in [5.41, 5.74) is 2.20. The second-order valence-electron chi connectivity index (χ2n) is 8.60. The first-order valence-electron chi connectivity index (χ1n) is 12.3. The Hall–Kier alpha value is -3.81. The van der Waals surface area contributed by atoms with Crippen molar-refractivity contribution in [2.24, 2.45) is 0 Å². The van der Waals surface area contributed by atoms with Gasteiger partial charge in [-0.1, -0.05) is 79.0 Å². The number of carbonyl (C=O) groups is 2. The molecule has 1 N–H and O–H groups in total. The van der Waals surface area contributed by atoms with Crippen LogP contribution in [0.1, 0.15) is 19.8 Å². The summed E-state index contributed by atoms with van der Waals surface area (Å²) in [7, 11) is 0. The minimum absolute atomic E-state index is 0.128. The van der Waals surface area contributed by atoms with E-state index in [4.69, 9.17) is 33.0 Å². The minimum Gasteiger partial charge on any atom is -0.484 e. The maximum Gasteiger partial charge on any atom is 0.260 e. The number of amides is 2. The topological polar surface area (TPSA) is 76.5 Å². The highest BCUT2D eigenvalue weighted by atomic mass is 35.5. The number of rotatable bonds is 11. The molecule has 4 aromatic rings. The Morgan fingerprint density at radius 3 is 2.39 bits per heavy atom. The smallest absolute Gasteiger partial charge is 0.260 e. The molecule has 0 radical (unpaired) electrons. The largest absolute Gasteiger partial charge is 0.484 e. The van der Waals surface area contributed by atoms with Gasteiger partial charge in [-0.25, -0.2) is 4.68 Å². The molecule has 2 amide bonds. The zero-order valence-electron chi connectivity index (χ0n) is 20.9. The number of hydrogen-bond acceptors (Lipinski definition) is 4. The summed E-state index contributed by atoms with van der Waals surface area (Å²) in [6.45, 7) is 2.15. The number of carbonyl (C=O) groups excluding carboxylic acids is 2. The number of hydrogen-bond donors (Lipinski definition) is 1. The first-order valence-corrected chi connectivity index (χ1v) is 13.1. The van der Waals surface area contributed by atoms with Crippen molar-refractivity contribution < 1.29 is 14.3 Å². The molecule has 0 atom stereocenters. The SMILES string of the molecule is CCCCN(CC(=O)Nc1cc(-c2ccccc2)nn1-c1ccccc1Cl)C(=O)COc1ccc(Cl)cc1. The molecule has 1 aromatic heterocycles. The molecule has 0 saturated heterocycles. The summed E-state index contributed by atoms with van der Waals surface area (Å²) < 4.78 is 7.22. The molecule has 0 aliphatic heterocycles. The van der Waals surface area contributed by atoms with Gasteiger partial charge < -0.3 is 15.0 Å². The van der Waals surface area contributed by atoms with E-state index in [-0.39, 0.29) is 25.0 Å². The van der Waals surface area contributed by atoms with Crippen molar-refractivity contribution in [2.45, 2.75) is 19.8 Å². The summed E-state index contributed by atoms with van der Waals surface area (Å²) in [4.78, 5) is 27.6. The average molecular weight is 551 g/mol. The fourth-order valence-corrected chi connectivity index (χ4v) is 4.13. The first-order chi connectivity index (χ1) is 18.4. The lowest BCUT2D eigenvalue weighted by Gasteiger charge is -2.22. The van der Waals surface area contributed by atoms with Gasteiger partial charge in [0, 0.05) is 23.2 Å². The summed E-state index contributed by atoms with van der Waals surface area (Å²) in [5, 5.41) is 8.70. The molecule has 4 rings (SSSR count). The number of halogens is 2. The number of ether oxygens (including phenoxy) is 1. The lowest BCUT2D eigenvalue weighted by atomic mass is 10.1. The number of aromatic nitrogens is 2. The minimum atomic E-state index is -0.353. The standard InChI is InChI=1S/C29H28Cl2N4O3/c1-2-3-17-34(29(37)20-38-23-15-13-22(30)14-16-23)19-28(36)32-27-18-25(21-9-5-4-6-10-21)33-35(27)26-12-8-7-11-24(26)31/h4-16,18H,2-3,17,19-20H2,1H3,(H,32,36). The number of nitrogens with one attached hydrogen (secondary N) is 1. The molecule has 0 fully saturated rings. The van der Waals surface area contributed by atoms with Gasteiger partial charge in [-0.05, 0) is 42.8 Å². The quantitative estimate of drug-likeness (QED) is 0.231. The Kier molecular flexibility index (Phi) is 9.40. The van der Waals surface area contributed by atoms with Gasteiger partial charge in [0.2, 0.25) is 5.91 Å². The van der Waals surface area contributed by atoms with Gasteiger partial charge in [-0.2, -0.15) is 5.10 Å². The van der Waals surface area contributed by atoms with Crippen LogP contribution in [0, 0.1) is 0 Å². The molecular formula is C29H28Cl2N4O3. The number of para-hydroxylation sites is 1. The van der Waals surface area contributed by atoms with Crippen molar-refractivity contribution in [1.82, 2.24) is 14.7 Å². The Labute approximate surface area is 231 Å². The van der Waals surface area contributed by atoms with Crippen molar-refractivity contribution in [1.29, 1.82) is 0 Å². The zero-order valence-corrected chi connectivity index (χ0v) is 22.5. The van der Waals surface area contributed by atoms with Crippen LogP contribution in [0.5, 0.6) is 5.75 Å². The van der Waals surface area contributed by atoms with E-state index in [1.807, 2.05) is 55.5 Å². The van der Waals surface area contributed by atoms with Crippen LogP contribution < -0.4 is 10.1 Å². The molecule has 3 aromatic carbocycles. The Morgan fingerprint density at radius 2 is 1.68 bits per heavy atom. The van der Waals surface area contributed by atoms with Gasteiger partial charge >= 0.3 is 0 Å². The van der Waals surface area contributed by atoms with E-state index >= 15 is 0 Å². The third-order valence-electron chi connectivity index (χ3n) is 5.77. The summed E-state index contributed by atoms with van der Waals surface area (Å²) in [6, 6.07) is 25.5. The van der Waals surface area contributed by atoms with E-state index in [9.17, 15) is 9.59 Å². The van der Waals surface area contributed by atoms with E-state index in [0.717, 1.165) is 18.4 Å². The van der Waals surface area contributed by atoms with E-state index in [1.165, 1.54) is 4.90 Å². The van der Waals surface area contributed by atoms with Crippen molar-refractivity contribution in [3.63, 3.8) is 0 Å². The number of unbranched alkanes of at least 4 members (excludes halogenated alkanes) is 1. The fourth-order valence-electron chi connectivity index (χ4n) is 3.79. The first kappa shape index (κ1) is 27.2. The average Bonchev–Trinajstić information content (AvgIpc) is 3.34. The summed E-state index contributed by atoms with van der Waals surface area (Å²) in [5.74, 6) is 0.337. The molecule has 7 nitrogen and oxygen atoms in total. The predicted octanol–water partition coefficient (Wildman–Crippen LogP) is 6.49. The monoisotopic (exact) mass is 550 g/mol. The van der Waals surface area contributed by atoms with E-state index in [1.54, 1.807) is 41.1 Å². The van der Waals surface area contributed by atoms with E-state index in [0.29, 0.717) is 39.5 Å². The van der Waals surface area contributed by atoms with Crippen LogP contribution in [0.3, 0.4) is 0 Å². The second-order valence-corrected chi connectivity index (χ2v) is 9.45.